The summed E-state index contributed by atoms with van der Waals surface area (Å²) in [6.07, 6.45) is 2.67. The molecule has 2 fully saturated rings. The van der Waals surface area contributed by atoms with Gasteiger partial charge in [0.05, 0.1) is 19.2 Å². The van der Waals surface area contributed by atoms with Crippen molar-refractivity contribution >= 4 is 22.6 Å². The number of halogens is 2. The number of piperazine rings is 1. The molecular weight excluding hydrogens is 478 g/mol. The molecule has 1 atom stereocenters. The van der Waals surface area contributed by atoms with Gasteiger partial charge in [-0.05, 0) is 61.6 Å². The van der Waals surface area contributed by atoms with E-state index in [1.807, 2.05) is 37.4 Å². The normalized spacial score (nSPS) is 19.3. The van der Waals surface area contributed by atoms with Crippen LogP contribution in [0.3, 0.4) is 0 Å². The number of methoxy groups -OCH3 is 1. The molecule has 5 rings (SSSR count). The van der Waals surface area contributed by atoms with Crippen LogP contribution in [0.25, 0.3) is 10.9 Å². The van der Waals surface area contributed by atoms with E-state index in [1.54, 1.807) is 18.1 Å². The van der Waals surface area contributed by atoms with Crippen LogP contribution in [-0.2, 0) is 6.54 Å². The number of aromatic amines is 1. The minimum absolute atomic E-state index is 0.183. The van der Waals surface area contributed by atoms with Crippen LogP contribution >= 0.6 is 0 Å². The fourth-order valence-electron chi connectivity index (χ4n) is 5.58. The van der Waals surface area contributed by atoms with Crippen LogP contribution in [0.5, 0.6) is 5.75 Å². The number of anilines is 1. The molecule has 0 amide bonds. The van der Waals surface area contributed by atoms with E-state index < -0.39 is 12.4 Å². The maximum absolute atomic E-state index is 13.3. The first-order valence-electron chi connectivity index (χ1n) is 12.9. The van der Waals surface area contributed by atoms with Crippen molar-refractivity contribution in [1.29, 1.82) is 0 Å². The lowest BCUT2D eigenvalue weighted by atomic mass is 9.92. The van der Waals surface area contributed by atoms with Crippen LogP contribution in [0.2, 0.25) is 0 Å². The number of aryl methyl sites for hydroxylation is 1. The lowest BCUT2D eigenvalue weighted by Crippen LogP contribution is -2.49. The molecule has 37 heavy (non-hydrogen) atoms. The van der Waals surface area contributed by atoms with Gasteiger partial charge in [-0.1, -0.05) is 6.07 Å². The van der Waals surface area contributed by atoms with Gasteiger partial charge in [-0.3, -0.25) is 9.80 Å². The standard InChI is InChI=1S/C28H34F2N4O3/c1-17-12-25(37-2)22(20-8-9-31-27(17)20)14-34-11-10-33(16-26(29)30)15-24(34)18-6-7-21(28(35)36)23(13-18)32-19-4-3-5-19/h6-9,12-13,19,24,26,31-32H,3-5,10-11,14-16H2,1-2H3,(H,35,36)/t24-/m1/s1. The fraction of sp³-hybridized carbons (Fsp3) is 0.464. The second-order valence-corrected chi connectivity index (χ2v) is 10.2. The number of aromatic nitrogens is 1. The maximum atomic E-state index is 13.3. The van der Waals surface area contributed by atoms with Gasteiger partial charge in [0.25, 0.3) is 6.43 Å². The summed E-state index contributed by atoms with van der Waals surface area (Å²) in [6, 6.07) is 9.53. The van der Waals surface area contributed by atoms with Gasteiger partial charge in [0.2, 0.25) is 0 Å². The van der Waals surface area contributed by atoms with Gasteiger partial charge in [0.15, 0.2) is 0 Å². The van der Waals surface area contributed by atoms with E-state index in [0.717, 1.165) is 52.6 Å². The van der Waals surface area contributed by atoms with Crippen LogP contribution in [0.4, 0.5) is 14.5 Å². The zero-order valence-corrected chi connectivity index (χ0v) is 21.3. The highest BCUT2D eigenvalue weighted by Crippen LogP contribution is 2.36. The zero-order valence-electron chi connectivity index (χ0n) is 21.3. The van der Waals surface area contributed by atoms with Crippen molar-refractivity contribution in [2.45, 2.75) is 51.2 Å². The number of hydrogen-bond donors (Lipinski definition) is 3. The number of rotatable bonds is 9. The SMILES string of the molecule is COc1cc(C)c2[nH]ccc2c1CN1CCN(CC(F)F)C[C@@H]1c1ccc(C(=O)O)c(NC2CCC2)c1. The summed E-state index contributed by atoms with van der Waals surface area (Å²) >= 11 is 0. The summed E-state index contributed by atoms with van der Waals surface area (Å²) in [6.45, 7) is 3.91. The molecule has 0 unspecified atom stereocenters. The summed E-state index contributed by atoms with van der Waals surface area (Å²) in [5.74, 6) is -0.181. The Morgan fingerprint density at radius 1 is 1.24 bits per heavy atom. The summed E-state index contributed by atoms with van der Waals surface area (Å²) in [5, 5.41) is 14.2. The largest absolute Gasteiger partial charge is 0.496 e. The van der Waals surface area contributed by atoms with Crippen molar-refractivity contribution in [1.82, 2.24) is 14.8 Å². The molecule has 1 aliphatic carbocycles. The number of hydrogen-bond acceptors (Lipinski definition) is 5. The van der Waals surface area contributed by atoms with Gasteiger partial charge in [0.1, 0.15) is 5.75 Å². The number of nitrogens with zero attached hydrogens (tertiary/aromatic N) is 2. The second-order valence-electron chi connectivity index (χ2n) is 10.2. The second kappa shape index (κ2) is 10.7. The predicted octanol–water partition coefficient (Wildman–Crippen LogP) is 5.27. The summed E-state index contributed by atoms with van der Waals surface area (Å²) < 4.78 is 32.4. The number of aromatic carboxylic acids is 1. The molecular formula is C28H34F2N4O3. The number of carboxylic acid groups (broad SMARTS) is 1. The fourth-order valence-corrected chi connectivity index (χ4v) is 5.58. The minimum atomic E-state index is -2.41. The molecule has 198 valence electrons. The van der Waals surface area contributed by atoms with Gasteiger partial charge in [-0.2, -0.15) is 0 Å². The first-order valence-corrected chi connectivity index (χ1v) is 12.9. The molecule has 9 heteroatoms. The number of fused-ring (bicyclic) bond motifs is 1. The van der Waals surface area contributed by atoms with Gasteiger partial charge in [-0.25, -0.2) is 13.6 Å². The minimum Gasteiger partial charge on any atom is -0.496 e. The molecule has 2 heterocycles. The van der Waals surface area contributed by atoms with E-state index in [2.05, 4.69) is 15.2 Å². The molecule has 1 aromatic heterocycles. The van der Waals surface area contributed by atoms with Gasteiger partial charge < -0.3 is 20.1 Å². The Morgan fingerprint density at radius 3 is 2.73 bits per heavy atom. The number of nitrogens with one attached hydrogen (secondary N) is 2. The smallest absolute Gasteiger partial charge is 0.337 e. The number of alkyl halides is 2. The van der Waals surface area contributed by atoms with Crippen LogP contribution in [0.15, 0.2) is 36.5 Å². The van der Waals surface area contributed by atoms with Crippen LogP contribution < -0.4 is 10.1 Å². The monoisotopic (exact) mass is 512 g/mol. The Balaban J connectivity index is 1.51. The van der Waals surface area contributed by atoms with Crippen LogP contribution in [-0.4, -0.2) is 71.6 Å². The number of benzene rings is 2. The highest BCUT2D eigenvalue weighted by Gasteiger charge is 2.32. The van der Waals surface area contributed by atoms with Crippen molar-refractivity contribution in [2.24, 2.45) is 0 Å². The Kier molecular flexibility index (Phi) is 7.35. The van der Waals surface area contributed by atoms with Gasteiger partial charge in [0, 0.05) is 66.6 Å². The summed E-state index contributed by atoms with van der Waals surface area (Å²) in [5.41, 5.74) is 4.95. The molecule has 2 aliphatic rings. The molecule has 2 aromatic carbocycles. The molecule has 1 saturated carbocycles. The lowest BCUT2D eigenvalue weighted by Gasteiger charge is -2.42. The molecule has 0 spiro atoms. The number of H-pyrrole nitrogens is 1. The third-order valence-corrected chi connectivity index (χ3v) is 7.79. The Morgan fingerprint density at radius 2 is 2.05 bits per heavy atom. The molecule has 1 saturated heterocycles. The molecule has 7 nitrogen and oxygen atoms in total. The van der Waals surface area contributed by atoms with Crippen molar-refractivity contribution in [3.8, 4) is 5.75 Å². The van der Waals surface area contributed by atoms with Crippen molar-refractivity contribution in [2.75, 3.05) is 38.6 Å². The number of carbonyl (C=O) groups is 1. The van der Waals surface area contributed by atoms with E-state index in [4.69, 9.17) is 4.74 Å². The van der Waals surface area contributed by atoms with Crippen LogP contribution in [0, 0.1) is 6.92 Å². The average Bonchev–Trinajstić information content (AvgIpc) is 3.34. The lowest BCUT2D eigenvalue weighted by molar-refractivity contribution is 0.0246. The third kappa shape index (κ3) is 5.29. The van der Waals surface area contributed by atoms with E-state index in [0.29, 0.717) is 31.9 Å². The quantitative estimate of drug-likeness (QED) is 0.362. The number of carboxylic acids is 1. The van der Waals surface area contributed by atoms with Crippen molar-refractivity contribution < 1.29 is 23.4 Å². The highest BCUT2D eigenvalue weighted by molar-refractivity contribution is 5.94. The maximum Gasteiger partial charge on any atom is 0.337 e. The van der Waals surface area contributed by atoms with Crippen molar-refractivity contribution in [3.63, 3.8) is 0 Å². The highest BCUT2D eigenvalue weighted by atomic mass is 19.3. The molecule has 0 bridgehead atoms. The average molecular weight is 513 g/mol. The zero-order chi connectivity index (χ0) is 26.1. The van der Waals surface area contributed by atoms with Gasteiger partial charge in [-0.15, -0.1) is 0 Å². The molecule has 3 N–H and O–H groups in total. The molecule has 3 aromatic rings. The van der Waals surface area contributed by atoms with Gasteiger partial charge >= 0.3 is 5.97 Å². The van der Waals surface area contributed by atoms with Crippen molar-refractivity contribution in [3.05, 3.63) is 58.8 Å². The topological polar surface area (TPSA) is 80.8 Å². The Bertz CT molecular complexity index is 1270. The molecule has 0 radical (unpaired) electrons. The first kappa shape index (κ1) is 25.5. The first-order chi connectivity index (χ1) is 17.8. The van der Waals surface area contributed by atoms with E-state index in [9.17, 15) is 18.7 Å². The van der Waals surface area contributed by atoms with E-state index in [1.165, 1.54) is 0 Å². The van der Waals surface area contributed by atoms with E-state index in [-0.39, 0.29) is 24.2 Å². The summed E-state index contributed by atoms with van der Waals surface area (Å²) in [4.78, 5) is 19.3. The summed E-state index contributed by atoms with van der Waals surface area (Å²) in [7, 11) is 1.66. The Labute approximate surface area is 215 Å². The van der Waals surface area contributed by atoms with Crippen LogP contribution in [0.1, 0.15) is 52.4 Å². The van der Waals surface area contributed by atoms with E-state index >= 15 is 0 Å². The third-order valence-electron chi connectivity index (χ3n) is 7.79. The Hall–Kier alpha value is -3.17. The molecule has 1 aliphatic heterocycles. The predicted molar refractivity (Wildman–Crippen MR) is 140 cm³/mol. The number of ether oxygens (including phenoxy) is 1.